The molecular formula is C12H13ClIN3O. The van der Waals surface area contributed by atoms with Crippen molar-refractivity contribution in [3.8, 4) is 6.07 Å². The van der Waals surface area contributed by atoms with Crippen LogP contribution in [0.3, 0.4) is 0 Å². The van der Waals surface area contributed by atoms with Crippen LogP contribution >= 0.6 is 34.2 Å². The molecule has 18 heavy (non-hydrogen) atoms. The average molecular weight is 378 g/mol. The van der Waals surface area contributed by atoms with Crippen molar-refractivity contribution in [3.05, 3.63) is 20.9 Å². The first-order valence-electron chi connectivity index (χ1n) is 5.69. The molecule has 1 aliphatic rings. The van der Waals surface area contributed by atoms with E-state index < -0.39 is 0 Å². The van der Waals surface area contributed by atoms with Crippen molar-refractivity contribution in [1.29, 1.82) is 5.26 Å². The van der Waals surface area contributed by atoms with Gasteiger partial charge < -0.3 is 10.1 Å². The molecule has 0 aromatic carbocycles. The second-order valence-corrected chi connectivity index (χ2v) is 5.91. The van der Waals surface area contributed by atoms with Crippen molar-refractivity contribution in [3.63, 3.8) is 0 Å². The zero-order valence-electron chi connectivity index (χ0n) is 9.75. The predicted octanol–water partition coefficient (Wildman–Crippen LogP) is 3.07. The van der Waals surface area contributed by atoms with E-state index in [-0.39, 0.29) is 5.41 Å². The van der Waals surface area contributed by atoms with Crippen molar-refractivity contribution in [2.45, 2.75) is 12.8 Å². The topological polar surface area (TPSA) is 57.9 Å². The van der Waals surface area contributed by atoms with E-state index in [9.17, 15) is 5.26 Å². The summed E-state index contributed by atoms with van der Waals surface area (Å²) < 4.78 is 6.25. The Hall–Kier alpha value is -0.580. The van der Waals surface area contributed by atoms with Gasteiger partial charge in [0.05, 0.1) is 16.5 Å². The van der Waals surface area contributed by atoms with E-state index in [0.29, 0.717) is 24.8 Å². The normalized spacial score (nSPS) is 18.1. The minimum absolute atomic E-state index is 0.342. The van der Waals surface area contributed by atoms with Crippen LogP contribution in [0.4, 0.5) is 5.82 Å². The molecule has 1 aliphatic heterocycles. The number of hydrogen-bond donors (Lipinski definition) is 1. The number of anilines is 1. The lowest BCUT2D eigenvalue weighted by molar-refractivity contribution is 0.0455. The van der Waals surface area contributed by atoms with Crippen LogP contribution < -0.4 is 5.32 Å². The van der Waals surface area contributed by atoms with Crippen LogP contribution in [0, 0.1) is 20.3 Å². The first-order valence-corrected chi connectivity index (χ1v) is 7.15. The standard InChI is InChI=1S/C12H13ClIN3O/c13-9-6-16-11(5-10(9)14)17-8-12(7-15)1-3-18-4-2-12/h5-6H,1-4,8H2,(H,16,17). The largest absolute Gasteiger partial charge is 0.381 e. The van der Waals surface area contributed by atoms with Crippen LogP contribution in [-0.2, 0) is 4.74 Å². The molecule has 0 aliphatic carbocycles. The molecule has 2 rings (SSSR count). The van der Waals surface area contributed by atoms with Gasteiger partial charge in [-0.05, 0) is 41.5 Å². The number of nitriles is 1. The summed E-state index contributed by atoms with van der Waals surface area (Å²) in [4.78, 5) is 4.20. The molecule has 1 saturated heterocycles. The van der Waals surface area contributed by atoms with Crippen LogP contribution in [0.5, 0.6) is 0 Å². The van der Waals surface area contributed by atoms with Crippen molar-refractivity contribution in [2.75, 3.05) is 25.1 Å². The maximum atomic E-state index is 9.33. The van der Waals surface area contributed by atoms with E-state index in [0.717, 1.165) is 22.2 Å². The molecular weight excluding hydrogens is 365 g/mol. The summed E-state index contributed by atoms with van der Waals surface area (Å²) in [5.41, 5.74) is -0.342. The third-order valence-electron chi connectivity index (χ3n) is 3.10. The minimum atomic E-state index is -0.342. The number of aromatic nitrogens is 1. The Morgan fingerprint density at radius 2 is 2.28 bits per heavy atom. The van der Waals surface area contributed by atoms with Gasteiger partial charge in [0.25, 0.3) is 0 Å². The van der Waals surface area contributed by atoms with Crippen LogP contribution in [0.2, 0.25) is 5.02 Å². The maximum absolute atomic E-state index is 9.33. The molecule has 1 N–H and O–H groups in total. The van der Waals surface area contributed by atoms with Gasteiger partial charge in [0.2, 0.25) is 0 Å². The van der Waals surface area contributed by atoms with Crippen molar-refractivity contribution < 1.29 is 4.74 Å². The van der Waals surface area contributed by atoms with Gasteiger partial charge in [-0.3, -0.25) is 0 Å². The van der Waals surface area contributed by atoms with E-state index in [4.69, 9.17) is 16.3 Å². The van der Waals surface area contributed by atoms with Crippen LogP contribution in [0.15, 0.2) is 12.3 Å². The Labute approximate surface area is 125 Å². The molecule has 0 spiro atoms. The third kappa shape index (κ3) is 3.25. The van der Waals surface area contributed by atoms with Gasteiger partial charge in [-0.1, -0.05) is 11.6 Å². The van der Waals surface area contributed by atoms with Crippen LogP contribution in [-0.4, -0.2) is 24.7 Å². The monoisotopic (exact) mass is 377 g/mol. The number of rotatable bonds is 3. The van der Waals surface area contributed by atoms with Crippen LogP contribution in [0.25, 0.3) is 0 Å². The van der Waals surface area contributed by atoms with Gasteiger partial charge in [0, 0.05) is 29.5 Å². The van der Waals surface area contributed by atoms with Crippen LogP contribution in [0.1, 0.15) is 12.8 Å². The molecule has 0 unspecified atom stereocenters. The maximum Gasteiger partial charge on any atom is 0.127 e. The zero-order chi connectivity index (χ0) is 13.0. The lowest BCUT2D eigenvalue weighted by atomic mass is 9.82. The van der Waals surface area contributed by atoms with E-state index in [1.165, 1.54) is 0 Å². The van der Waals surface area contributed by atoms with E-state index >= 15 is 0 Å². The molecule has 0 amide bonds. The Morgan fingerprint density at radius 1 is 1.56 bits per heavy atom. The molecule has 2 heterocycles. The van der Waals surface area contributed by atoms with Gasteiger partial charge in [0.15, 0.2) is 0 Å². The summed E-state index contributed by atoms with van der Waals surface area (Å²) in [6.07, 6.45) is 3.15. The molecule has 1 aromatic rings. The van der Waals surface area contributed by atoms with Gasteiger partial charge in [-0.25, -0.2) is 4.98 Å². The van der Waals surface area contributed by atoms with E-state index in [1.54, 1.807) is 6.20 Å². The predicted molar refractivity (Wildman–Crippen MR) is 78.6 cm³/mol. The van der Waals surface area contributed by atoms with Gasteiger partial charge >= 0.3 is 0 Å². The molecule has 4 nitrogen and oxygen atoms in total. The quantitative estimate of drug-likeness (QED) is 0.823. The summed E-state index contributed by atoms with van der Waals surface area (Å²) >= 11 is 8.08. The number of ether oxygens (including phenoxy) is 1. The first kappa shape index (κ1) is 13.8. The highest BCUT2D eigenvalue weighted by Crippen LogP contribution is 2.30. The lowest BCUT2D eigenvalue weighted by Crippen LogP contribution is -2.34. The highest BCUT2D eigenvalue weighted by atomic mass is 127. The molecule has 1 aromatic heterocycles. The second kappa shape index (κ2) is 6.04. The fourth-order valence-electron chi connectivity index (χ4n) is 1.86. The number of nitrogens with one attached hydrogen (secondary N) is 1. The summed E-state index contributed by atoms with van der Waals surface area (Å²) in [6, 6.07) is 4.30. The van der Waals surface area contributed by atoms with Crippen molar-refractivity contribution in [1.82, 2.24) is 4.98 Å². The fourth-order valence-corrected chi connectivity index (χ4v) is 2.40. The molecule has 0 atom stereocenters. The molecule has 1 fully saturated rings. The number of hydrogen-bond acceptors (Lipinski definition) is 4. The third-order valence-corrected chi connectivity index (χ3v) is 4.62. The molecule has 96 valence electrons. The molecule has 0 bridgehead atoms. The minimum Gasteiger partial charge on any atom is -0.381 e. The SMILES string of the molecule is N#CC1(CNc2cc(I)c(Cl)cn2)CCOCC1. The average Bonchev–Trinajstić information content (AvgIpc) is 2.41. The molecule has 6 heteroatoms. The Kier molecular flexibility index (Phi) is 4.65. The van der Waals surface area contributed by atoms with Gasteiger partial charge in [0.1, 0.15) is 5.82 Å². The number of halogens is 2. The summed E-state index contributed by atoms with van der Waals surface area (Å²) in [7, 11) is 0. The van der Waals surface area contributed by atoms with E-state index in [1.807, 2.05) is 6.07 Å². The van der Waals surface area contributed by atoms with Gasteiger partial charge in [-0.2, -0.15) is 5.26 Å². The number of nitrogens with zero attached hydrogens (tertiary/aromatic N) is 2. The zero-order valence-corrected chi connectivity index (χ0v) is 12.7. The summed E-state index contributed by atoms with van der Waals surface area (Å²) in [5, 5.41) is 13.2. The van der Waals surface area contributed by atoms with Crippen molar-refractivity contribution in [2.24, 2.45) is 5.41 Å². The van der Waals surface area contributed by atoms with Gasteiger partial charge in [-0.15, -0.1) is 0 Å². The molecule has 0 saturated carbocycles. The second-order valence-electron chi connectivity index (χ2n) is 4.34. The number of pyridine rings is 1. The molecule has 0 radical (unpaired) electrons. The Morgan fingerprint density at radius 3 is 2.89 bits per heavy atom. The van der Waals surface area contributed by atoms with E-state index in [2.05, 4.69) is 39.0 Å². The lowest BCUT2D eigenvalue weighted by Gasteiger charge is -2.30. The Bertz CT molecular complexity index is 469. The Balaban J connectivity index is 2.01. The highest BCUT2D eigenvalue weighted by molar-refractivity contribution is 14.1. The smallest absolute Gasteiger partial charge is 0.127 e. The van der Waals surface area contributed by atoms with Crippen molar-refractivity contribution >= 4 is 40.0 Å². The highest BCUT2D eigenvalue weighted by Gasteiger charge is 2.32. The summed E-state index contributed by atoms with van der Waals surface area (Å²) in [6.45, 7) is 1.90. The first-order chi connectivity index (χ1) is 8.65. The fraction of sp³-hybridized carbons (Fsp3) is 0.500. The summed E-state index contributed by atoms with van der Waals surface area (Å²) in [5.74, 6) is 0.755.